The number of nitrogens with zero attached hydrogens (tertiary/aromatic N) is 2. The van der Waals surface area contributed by atoms with Crippen molar-refractivity contribution in [2.75, 3.05) is 19.7 Å². The molecule has 0 unspecified atom stereocenters. The van der Waals surface area contributed by atoms with Gasteiger partial charge in [-0.1, -0.05) is 20.8 Å². The first kappa shape index (κ1) is 24.1. The zero-order valence-corrected chi connectivity index (χ0v) is 18.8. The number of hydrogen-bond acceptors (Lipinski definition) is 4. The second-order valence-electron chi connectivity index (χ2n) is 6.91. The number of aromatic nitrogens is 1. The van der Waals surface area contributed by atoms with Gasteiger partial charge in [0, 0.05) is 18.0 Å². The van der Waals surface area contributed by atoms with Gasteiger partial charge in [-0.2, -0.15) is 0 Å². The van der Waals surface area contributed by atoms with Crippen molar-refractivity contribution < 1.29 is 17.9 Å². The topological polar surface area (TPSA) is 71.7 Å². The molecule has 1 aromatic heterocycles. The maximum atomic E-state index is 13.1. The van der Waals surface area contributed by atoms with Crippen LogP contribution in [0.5, 0.6) is 5.75 Å². The van der Waals surface area contributed by atoms with E-state index in [9.17, 15) is 8.78 Å². The summed E-state index contributed by atoms with van der Waals surface area (Å²) in [7, 11) is 0. The molecule has 0 aliphatic carbocycles. The van der Waals surface area contributed by atoms with Gasteiger partial charge in [0.25, 0.3) is 0 Å². The van der Waals surface area contributed by atoms with Crippen LogP contribution >= 0.6 is 24.0 Å². The first-order valence-electron chi connectivity index (χ1n) is 8.85. The molecule has 0 saturated carbocycles. The zero-order valence-electron chi connectivity index (χ0n) is 16.5. The molecule has 156 valence electrons. The molecule has 0 saturated heterocycles. The Bertz CT molecular complexity index is 776. The van der Waals surface area contributed by atoms with E-state index in [1.165, 1.54) is 6.07 Å². The van der Waals surface area contributed by atoms with E-state index < -0.39 is 11.6 Å². The molecule has 2 aromatic rings. The summed E-state index contributed by atoms with van der Waals surface area (Å²) in [6.07, 6.45) is 1.72. The number of guanidine groups is 1. The highest BCUT2D eigenvalue weighted by Crippen LogP contribution is 2.22. The second kappa shape index (κ2) is 11.2. The summed E-state index contributed by atoms with van der Waals surface area (Å²) in [5.41, 5.74) is -0.102. The molecule has 2 N–H and O–H groups in total. The number of nitrogens with one attached hydrogen (secondary N) is 2. The predicted molar refractivity (Wildman–Crippen MR) is 115 cm³/mol. The van der Waals surface area contributed by atoms with Crippen molar-refractivity contribution in [3.63, 3.8) is 0 Å². The van der Waals surface area contributed by atoms with Gasteiger partial charge in [-0.15, -0.1) is 24.0 Å². The lowest BCUT2D eigenvalue weighted by atomic mass is 9.94. The summed E-state index contributed by atoms with van der Waals surface area (Å²) < 4.78 is 37.1. The van der Waals surface area contributed by atoms with Crippen molar-refractivity contribution >= 4 is 29.9 Å². The van der Waals surface area contributed by atoms with E-state index in [-0.39, 0.29) is 41.7 Å². The smallest absolute Gasteiger partial charge is 0.216 e. The Labute approximate surface area is 181 Å². The van der Waals surface area contributed by atoms with E-state index >= 15 is 0 Å². The minimum atomic E-state index is -0.934. The highest BCUT2D eigenvalue weighted by atomic mass is 127. The fourth-order valence-corrected chi connectivity index (χ4v) is 2.12. The molecular weight excluding hydrogens is 481 g/mol. The summed E-state index contributed by atoms with van der Waals surface area (Å²) in [4.78, 5) is 8.67. The molecule has 1 heterocycles. The molecule has 2 rings (SSSR count). The number of halogens is 3. The molecule has 0 aliphatic heterocycles. The van der Waals surface area contributed by atoms with Crippen LogP contribution in [0.25, 0.3) is 0 Å². The maximum absolute atomic E-state index is 13.1. The van der Waals surface area contributed by atoms with Crippen LogP contribution in [-0.2, 0) is 12.0 Å². The van der Waals surface area contributed by atoms with Crippen molar-refractivity contribution in [2.45, 2.75) is 39.7 Å². The SMILES string of the molecule is CCNC(=NCc1ncc(C(C)(C)C)o1)NCCOc1ccc(F)c(F)c1.I. The largest absolute Gasteiger partial charge is 0.492 e. The van der Waals surface area contributed by atoms with Crippen molar-refractivity contribution in [1.29, 1.82) is 0 Å². The standard InChI is InChI=1S/C19H26F2N4O2.HI/c1-5-22-18(25-12-17-24-11-16(27-17)19(2,3)4)23-8-9-26-13-6-7-14(20)15(21)10-13;/h6-7,10-11H,5,8-9,12H2,1-4H3,(H2,22,23,25);1H. The van der Waals surface area contributed by atoms with Crippen LogP contribution in [0.2, 0.25) is 0 Å². The molecule has 9 heteroatoms. The van der Waals surface area contributed by atoms with E-state index in [0.29, 0.717) is 31.5 Å². The number of benzene rings is 1. The van der Waals surface area contributed by atoms with Crippen LogP contribution in [0.4, 0.5) is 8.78 Å². The zero-order chi connectivity index (χ0) is 19.9. The van der Waals surface area contributed by atoms with Crippen LogP contribution in [0, 0.1) is 11.6 Å². The van der Waals surface area contributed by atoms with Gasteiger partial charge in [0.2, 0.25) is 5.89 Å². The predicted octanol–water partition coefficient (Wildman–Crippen LogP) is 4.00. The number of oxazole rings is 1. The summed E-state index contributed by atoms with van der Waals surface area (Å²) in [6, 6.07) is 3.43. The van der Waals surface area contributed by atoms with Gasteiger partial charge >= 0.3 is 0 Å². The third kappa shape index (κ3) is 7.61. The van der Waals surface area contributed by atoms with E-state index in [1.807, 2.05) is 6.92 Å². The third-order valence-electron chi connectivity index (χ3n) is 3.56. The Morgan fingerprint density at radius 2 is 1.96 bits per heavy atom. The molecule has 0 amide bonds. The molecule has 0 spiro atoms. The molecule has 0 atom stereocenters. The number of ether oxygens (including phenoxy) is 1. The van der Waals surface area contributed by atoms with E-state index in [4.69, 9.17) is 9.15 Å². The van der Waals surface area contributed by atoms with Crippen LogP contribution in [0.3, 0.4) is 0 Å². The van der Waals surface area contributed by atoms with Gasteiger partial charge in [0.15, 0.2) is 17.6 Å². The van der Waals surface area contributed by atoms with E-state index in [1.54, 1.807) is 6.20 Å². The fourth-order valence-electron chi connectivity index (χ4n) is 2.12. The Morgan fingerprint density at radius 3 is 2.57 bits per heavy atom. The molecule has 0 radical (unpaired) electrons. The number of aliphatic imine (C=N–C) groups is 1. The fraction of sp³-hybridized carbons (Fsp3) is 0.474. The third-order valence-corrected chi connectivity index (χ3v) is 3.56. The maximum Gasteiger partial charge on any atom is 0.216 e. The van der Waals surface area contributed by atoms with Crippen LogP contribution < -0.4 is 15.4 Å². The highest BCUT2D eigenvalue weighted by molar-refractivity contribution is 14.0. The molecule has 28 heavy (non-hydrogen) atoms. The molecular formula is C19H27F2IN4O2. The Hall–Kier alpha value is -1.91. The molecule has 0 bridgehead atoms. The average Bonchev–Trinajstić information content (AvgIpc) is 3.09. The van der Waals surface area contributed by atoms with Gasteiger partial charge in [0.1, 0.15) is 24.7 Å². The Balaban J connectivity index is 0.00000392. The van der Waals surface area contributed by atoms with E-state index in [0.717, 1.165) is 17.9 Å². The molecule has 0 aliphatic rings. The van der Waals surface area contributed by atoms with Gasteiger partial charge in [-0.25, -0.2) is 18.8 Å². The average molecular weight is 508 g/mol. The molecule has 1 aromatic carbocycles. The lowest BCUT2D eigenvalue weighted by Crippen LogP contribution is -2.39. The van der Waals surface area contributed by atoms with Crippen LogP contribution in [0.15, 0.2) is 33.8 Å². The van der Waals surface area contributed by atoms with Crippen molar-refractivity contribution in [3.05, 3.63) is 47.7 Å². The minimum absolute atomic E-state index is 0. The highest BCUT2D eigenvalue weighted by Gasteiger charge is 2.19. The summed E-state index contributed by atoms with van der Waals surface area (Å²) >= 11 is 0. The number of hydrogen-bond donors (Lipinski definition) is 2. The Kier molecular flexibility index (Phi) is 9.63. The van der Waals surface area contributed by atoms with Crippen LogP contribution in [-0.4, -0.2) is 30.6 Å². The van der Waals surface area contributed by atoms with Crippen LogP contribution in [0.1, 0.15) is 39.3 Å². The lowest BCUT2D eigenvalue weighted by Gasteiger charge is -2.13. The van der Waals surface area contributed by atoms with Crippen molar-refractivity contribution in [1.82, 2.24) is 15.6 Å². The number of rotatable bonds is 7. The summed E-state index contributed by atoms with van der Waals surface area (Å²) in [6.45, 7) is 9.81. The van der Waals surface area contributed by atoms with E-state index in [2.05, 4.69) is 41.4 Å². The first-order valence-corrected chi connectivity index (χ1v) is 8.85. The molecule has 6 nitrogen and oxygen atoms in total. The summed E-state index contributed by atoms with van der Waals surface area (Å²) in [5.74, 6) is 0.369. The Morgan fingerprint density at radius 1 is 1.21 bits per heavy atom. The summed E-state index contributed by atoms with van der Waals surface area (Å²) in [5, 5.41) is 6.21. The lowest BCUT2D eigenvalue weighted by molar-refractivity contribution is 0.318. The molecule has 0 fully saturated rings. The second-order valence-corrected chi connectivity index (χ2v) is 6.91. The van der Waals surface area contributed by atoms with Gasteiger partial charge in [0.05, 0.1) is 12.7 Å². The first-order chi connectivity index (χ1) is 12.8. The van der Waals surface area contributed by atoms with Gasteiger partial charge in [-0.3, -0.25) is 0 Å². The monoisotopic (exact) mass is 508 g/mol. The van der Waals surface area contributed by atoms with Gasteiger partial charge in [-0.05, 0) is 19.1 Å². The van der Waals surface area contributed by atoms with Gasteiger partial charge < -0.3 is 19.8 Å². The quantitative estimate of drug-likeness (QED) is 0.256. The van der Waals surface area contributed by atoms with Crippen molar-refractivity contribution in [2.24, 2.45) is 4.99 Å². The normalized spacial score (nSPS) is 11.7. The van der Waals surface area contributed by atoms with Crippen molar-refractivity contribution in [3.8, 4) is 5.75 Å². The minimum Gasteiger partial charge on any atom is -0.492 e.